The molecule has 1 aliphatic heterocycles. The minimum absolute atomic E-state index is 0.238. The van der Waals surface area contributed by atoms with Crippen molar-refractivity contribution in [3.8, 4) is 17.2 Å². The summed E-state index contributed by atoms with van der Waals surface area (Å²) >= 11 is 0. The van der Waals surface area contributed by atoms with E-state index < -0.39 is 0 Å². The third-order valence-electron chi connectivity index (χ3n) is 6.29. The van der Waals surface area contributed by atoms with E-state index in [9.17, 15) is 9.59 Å². The van der Waals surface area contributed by atoms with Crippen LogP contribution in [0.15, 0.2) is 78.9 Å². The second-order valence-corrected chi connectivity index (χ2v) is 8.95. The molecule has 0 saturated heterocycles. The van der Waals surface area contributed by atoms with Crippen LogP contribution in [-0.4, -0.2) is 31.6 Å². The van der Waals surface area contributed by atoms with Crippen molar-refractivity contribution in [2.45, 2.75) is 19.9 Å². The van der Waals surface area contributed by atoms with Gasteiger partial charge in [-0.1, -0.05) is 48.5 Å². The highest BCUT2D eigenvalue weighted by atomic mass is 16.6. The number of nitrogens with one attached hydrogen (secondary N) is 2. The van der Waals surface area contributed by atoms with Gasteiger partial charge in [0.1, 0.15) is 19.0 Å². The number of amides is 2. The molecule has 5 rings (SSSR count). The van der Waals surface area contributed by atoms with Crippen molar-refractivity contribution in [1.29, 1.82) is 0 Å². The van der Waals surface area contributed by atoms with Crippen LogP contribution in [0.3, 0.4) is 0 Å². The van der Waals surface area contributed by atoms with Crippen molar-refractivity contribution in [3.05, 3.63) is 95.6 Å². The van der Waals surface area contributed by atoms with Crippen LogP contribution in [0.4, 0.5) is 5.69 Å². The van der Waals surface area contributed by atoms with Crippen LogP contribution >= 0.6 is 0 Å². The predicted octanol–water partition coefficient (Wildman–Crippen LogP) is 5.43. The third kappa shape index (κ3) is 5.51. The van der Waals surface area contributed by atoms with Crippen LogP contribution in [0.5, 0.6) is 17.2 Å². The summed E-state index contributed by atoms with van der Waals surface area (Å²) in [7, 11) is 0. The number of benzene rings is 4. The Morgan fingerprint density at radius 2 is 1.59 bits per heavy atom. The third-order valence-corrected chi connectivity index (χ3v) is 6.29. The number of anilines is 1. The van der Waals surface area contributed by atoms with Crippen LogP contribution in [-0.2, 0) is 4.79 Å². The molecule has 4 aromatic carbocycles. The van der Waals surface area contributed by atoms with Gasteiger partial charge in [-0.15, -0.1) is 0 Å². The Kier molecular flexibility index (Phi) is 6.94. The number of para-hydroxylation sites is 1. The van der Waals surface area contributed by atoms with Crippen LogP contribution in [0.25, 0.3) is 10.8 Å². The molecule has 4 aromatic rings. The molecule has 188 valence electrons. The predicted molar refractivity (Wildman–Crippen MR) is 143 cm³/mol. The summed E-state index contributed by atoms with van der Waals surface area (Å²) in [5.41, 5.74) is 2.92. The highest BCUT2D eigenvalue weighted by Crippen LogP contribution is 2.32. The molecule has 2 amide bonds. The van der Waals surface area contributed by atoms with Gasteiger partial charge in [-0.3, -0.25) is 9.59 Å². The lowest BCUT2D eigenvalue weighted by molar-refractivity contribution is -0.123. The smallest absolute Gasteiger partial charge is 0.259 e. The summed E-state index contributed by atoms with van der Waals surface area (Å²) in [6.45, 7) is 4.60. The van der Waals surface area contributed by atoms with E-state index >= 15 is 0 Å². The highest BCUT2D eigenvalue weighted by Gasteiger charge is 2.19. The number of fused-ring (bicyclic) bond motifs is 2. The molecule has 0 fully saturated rings. The summed E-state index contributed by atoms with van der Waals surface area (Å²) in [4.78, 5) is 26.0. The average Bonchev–Trinajstić information content (AvgIpc) is 2.92. The molecule has 0 spiro atoms. The number of hydrogen-bond acceptors (Lipinski definition) is 5. The van der Waals surface area contributed by atoms with E-state index in [1.807, 2.05) is 80.6 Å². The van der Waals surface area contributed by atoms with Crippen molar-refractivity contribution in [3.63, 3.8) is 0 Å². The Morgan fingerprint density at radius 1 is 0.892 bits per heavy atom. The van der Waals surface area contributed by atoms with E-state index in [1.54, 1.807) is 12.1 Å². The second-order valence-electron chi connectivity index (χ2n) is 8.95. The van der Waals surface area contributed by atoms with E-state index in [2.05, 4.69) is 10.6 Å². The topological polar surface area (TPSA) is 85.9 Å². The van der Waals surface area contributed by atoms with Gasteiger partial charge in [0.2, 0.25) is 0 Å². The van der Waals surface area contributed by atoms with Gasteiger partial charge in [0.15, 0.2) is 18.1 Å². The van der Waals surface area contributed by atoms with E-state index in [-0.39, 0.29) is 24.5 Å². The molecule has 0 bridgehead atoms. The Labute approximate surface area is 215 Å². The minimum Gasteiger partial charge on any atom is -0.486 e. The fraction of sp³-hybridized carbons (Fsp3) is 0.200. The SMILES string of the molecule is Cc1ccccc1NC(=O)c1cc2ccccc2cc1OCC(=O)NC(C)c1ccc2c(c1)OCCO2. The summed E-state index contributed by atoms with van der Waals surface area (Å²) in [6, 6.07) is 24.2. The molecule has 1 heterocycles. The van der Waals surface area contributed by atoms with Crippen LogP contribution in [0.2, 0.25) is 0 Å². The molecule has 1 atom stereocenters. The Balaban J connectivity index is 1.31. The largest absolute Gasteiger partial charge is 0.486 e. The lowest BCUT2D eigenvalue weighted by Crippen LogP contribution is -2.31. The normalized spacial score (nSPS) is 13.0. The maximum absolute atomic E-state index is 13.2. The van der Waals surface area contributed by atoms with Crippen molar-refractivity contribution in [1.82, 2.24) is 5.32 Å². The van der Waals surface area contributed by atoms with Crippen LogP contribution in [0.1, 0.15) is 34.5 Å². The van der Waals surface area contributed by atoms with Gasteiger partial charge >= 0.3 is 0 Å². The molecule has 0 aromatic heterocycles. The summed E-state index contributed by atoms with van der Waals surface area (Å²) < 4.78 is 17.1. The van der Waals surface area contributed by atoms with Gasteiger partial charge in [0, 0.05) is 5.69 Å². The lowest BCUT2D eigenvalue weighted by atomic mass is 10.0. The molecule has 37 heavy (non-hydrogen) atoms. The number of aryl methyl sites for hydroxylation is 1. The van der Waals surface area contributed by atoms with Gasteiger partial charge in [-0.2, -0.15) is 0 Å². The highest BCUT2D eigenvalue weighted by molar-refractivity contribution is 6.09. The summed E-state index contributed by atoms with van der Waals surface area (Å²) in [6.07, 6.45) is 0. The van der Waals surface area contributed by atoms with E-state index in [0.717, 1.165) is 27.6 Å². The standard InChI is InChI=1S/C30H28N2O5/c1-19-7-3-6-10-25(19)32-30(34)24-15-22-8-4-5-9-23(22)17-27(24)37-18-29(33)31-20(2)21-11-12-26-28(16-21)36-14-13-35-26/h3-12,15-17,20H,13-14,18H2,1-2H3,(H,31,33)(H,32,34). The van der Waals surface area contributed by atoms with Gasteiger partial charge in [0.05, 0.1) is 11.6 Å². The lowest BCUT2D eigenvalue weighted by Gasteiger charge is -2.21. The number of carbonyl (C=O) groups is 2. The van der Waals surface area contributed by atoms with Crippen molar-refractivity contribution < 1.29 is 23.8 Å². The van der Waals surface area contributed by atoms with Crippen molar-refractivity contribution in [2.75, 3.05) is 25.1 Å². The zero-order valence-corrected chi connectivity index (χ0v) is 20.7. The van der Waals surface area contributed by atoms with Gasteiger partial charge in [-0.25, -0.2) is 0 Å². The number of hydrogen-bond donors (Lipinski definition) is 2. The minimum atomic E-state index is -0.305. The molecule has 0 saturated carbocycles. The molecule has 0 radical (unpaired) electrons. The quantitative estimate of drug-likeness (QED) is 0.356. The van der Waals surface area contributed by atoms with Gasteiger partial charge < -0.3 is 24.8 Å². The number of ether oxygens (including phenoxy) is 3. The summed E-state index contributed by atoms with van der Waals surface area (Å²) in [5, 5.41) is 7.72. The maximum atomic E-state index is 13.2. The maximum Gasteiger partial charge on any atom is 0.259 e. The first-order chi connectivity index (χ1) is 18.0. The monoisotopic (exact) mass is 496 g/mol. The van der Waals surface area contributed by atoms with E-state index in [0.29, 0.717) is 36.0 Å². The fourth-order valence-corrected chi connectivity index (χ4v) is 4.26. The molecular weight excluding hydrogens is 468 g/mol. The van der Waals surface area contributed by atoms with Gasteiger partial charge in [-0.05, 0) is 66.1 Å². The van der Waals surface area contributed by atoms with E-state index in [1.165, 1.54) is 0 Å². The first-order valence-corrected chi connectivity index (χ1v) is 12.2. The second kappa shape index (κ2) is 10.6. The molecule has 0 aliphatic carbocycles. The van der Waals surface area contributed by atoms with E-state index in [4.69, 9.17) is 14.2 Å². The fourth-order valence-electron chi connectivity index (χ4n) is 4.26. The molecule has 2 N–H and O–H groups in total. The molecule has 1 aliphatic rings. The Hall–Kier alpha value is -4.52. The Bertz CT molecular complexity index is 1470. The Morgan fingerprint density at radius 3 is 2.38 bits per heavy atom. The molecule has 7 nitrogen and oxygen atoms in total. The van der Waals surface area contributed by atoms with Crippen molar-refractivity contribution in [2.24, 2.45) is 0 Å². The molecular formula is C30H28N2O5. The first-order valence-electron chi connectivity index (χ1n) is 12.2. The first kappa shape index (κ1) is 24.2. The number of carbonyl (C=O) groups excluding carboxylic acids is 2. The van der Waals surface area contributed by atoms with Crippen LogP contribution in [0, 0.1) is 6.92 Å². The summed E-state index contributed by atoms with van der Waals surface area (Å²) in [5.74, 6) is 1.10. The molecule has 7 heteroatoms. The molecule has 1 unspecified atom stereocenters. The van der Waals surface area contributed by atoms with Gasteiger partial charge in [0.25, 0.3) is 11.8 Å². The zero-order chi connectivity index (χ0) is 25.8. The van der Waals surface area contributed by atoms with Crippen LogP contribution < -0.4 is 24.8 Å². The number of rotatable bonds is 7. The average molecular weight is 497 g/mol. The van der Waals surface area contributed by atoms with Crippen molar-refractivity contribution >= 4 is 28.3 Å². The zero-order valence-electron chi connectivity index (χ0n) is 20.7.